The minimum atomic E-state index is 0.855. The summed E-state index contributed by atoms with van der Waals surface area (Å²) in [6, 6.07) is 27.6. The number of hydrogen-bond donors (Lipinski definition) is 0. The monoisotopic (exact) mass is 334 g/mol. The summed E-state index contributed by atoms with van der Waals surface area (Å²) in [7, 11) is 0. The first kappa shape index (κ1) is 14.9. The quantitative estimate of drug-likeness (QED) is 0.442. The number of nitrogens with zero attached hydrogens (tertiary/aromatic N) is 2. The highest BCUT2D eigenvalue weighted by molar-refractivity contribution is 6.05. The molecule has 1 aromatic heterocycles. The van der Waals surface area contributed by atoms with Gasteiger partial charge in [-0.3, -0.25) is 4.98 Å². The van der Waals surface area contributed by atoms with E-state index in [0.717, 1.165) is 12.1 Å². The van der Waals surface area contributed by atoms with Crippen molar-refractivity contribution in [3.8, 4) is 11.1 Å². The van der Waals surface area contributed by atoms with Crippen molar-refractivity contribution in [2.24, 2.45) is 0 Å². The van der Waals surface area contributed by atoms with Gasteiger partial charge in [-0.1, -0.05) is 72.8 Å². The number of benzene rings is 3. The first-order valence-electron chi connectivity index (χ1n) is 8.88. The summed E-state index contributed by atoms with van der Waals surface area (Å²) in [5.74, 6) is 0. The van der Waals surface area contributed by atoms with Gasteiger partial charge in [0.25, 0.3) is 0 Å². The molecule has 0 saturated carbocycles. The lowest BCUT2D eigenvalue weighted by Gasteiger charge is -2.29. The van der Waals surface area contributed by atoms with Crippen molar-refractivity contribution in [1.82, 2.24) is 4.98 Å². The molecule has 0 aliphatic carbocycles. The molecule has 4 aromatic rings. The Labute approximate surface area is 153 Å². The van der Waals surface area contributed by atoms with Gasteiger partial charge in [0, 0.05) is 29.4 Å². The fourth-order valence-electron chi connectivity index (χ4n) is 3.73. The number of para-hydroxylation sites is 1. The van der Waals surface area contributed by atoms with Crippen molar-refractivity contribution < 1.29 is 0 Å². The van der Waals surface area contributed by atoms with E-state index >= 15 is 0 Å². The van der Waals surface area contributed by atoms with Gasteiger partial charge in [-0.05, 0) is 29.3 Å². The third-order valence-corrected chi connectivity index (χ3v) is 4.93. The fourth-order valence-corrected chi connectivity index (χ4v) is 3.73. The summed E-state index contributed by atoms with van der Waals surface area (Å²) >= 11 is 0. The lowest BCUT2D eigenvalue weighted by atomic mass is 9.97. The van der Waals surface area contributed by atoms with Crippen LogP contribution in [-0.4, -0.2) is 11.5 Å². The molecule has 2 heteroatoms. The van der Waals surface area contributed by atoms with Crippen molar-refractivity contribution in [2.75, 3.05) is 11.4 Å². The maximum atomic E-state index is 4.78. The van der Waals surface area contributed by atoms with Crippen LogP contribution < -0.4 is 4.90 Å². The second kappa shape index (κ2) is 6.16. The summed E-state index contributed by atoms with van der Waals surface area (Å²) in [5.41, 5.74) is 7.09. The molecule has 0 unspecified atom stereocenters. The highest BCUT2D eigenvalue weighted by atomic mass is 15.1. The van der Waals surface area contributed by atoms with Gasteiger partial charge < -0.3 is 4.90 Å². The Hall–Kier alpha value is -3.39. The van der Waals surface area contributed by atoms with E-state index in [1.54, 1.807) is 0 Å². The van der Waals surface area contributed by atoms with Crippen LogP contribution >= 0.6 is 0 Å². The van der Waals surface area contributed by atoms with Gasteiger partial charge in [0.15, 0.2) is 0 Å². The normalized spacial score (nSPS) is 13.0. The molecule has 0 saturated heterocycles. The molecule has 1 aliphatic heterocycles. The van der Waals surface area contributed by atoms with E-state index in [2.05, 4.69) is 95.9 Å². The van der Waals surface area contributed by atoms with Crippen LogP contribution in [0, 0.1) is 0 Å². The van der Waals surface area contributed by atoms with Gasteiger partial charge in [-0.25, -0.2) is 0 Å². The smallest absolute Gasteiger partial charge is 0.0951 e. The zero-order valence-electron chi connectivity index (χ0n) is 14.3. The van der Waals surface area contributed by atoms with Crippen LogP contribution in [0.5, 0.6) is 0 Å². The van der Waals surface area contributed by atoms with E-state index in [0.29, 0.717) is 0 Å². The lowest BCUT2D eigenvalue weighted by Crippen LogP contribution is -2.20. The first-order valence-corrected chi connectivity index (χ1v) is 8.88. The maximum Gasteiger partial charge on any atom is 0.0951 e. The molecule has 0 bridgehead atoms. The van der Waals surface area contributed by atoms with Gasteiger partial charge in [0.2, 0.25) is 0 Å². The van der Waals surface area contributed by atoms with Crippen molar-refractivity contribution >= 4 is 28.4 Å². The fraction of sp³-hybridized carbons (Fsp3) is 0.0417. The average molecular weight is 334 g/mol. The van der Waals surface area contributed by atoms with Crippen molar-refractivity contribution in [1.29, 1.82) is 0 Å². The van der Waals surface area contributed by atoms with Crippen LogP contribution in [-0.2, 0) is 0 Å². The summed E-state index contributed by atoms with van der Waals surface area (Å²) in [6.07, 6.45) is 6.33. The molecule has 0 amide bonds. The van der Waals surface area contributed by atoms with Crippen LogP contribution in [0.2, 0.25) is 0 Å². The van der Waals surface area contributed by atoms with E-state index in [4.69, 9.17) is 4.98 Å². The molecule has 0 radical (unpaired) electrons. The number of rotatable bonds is 2. The third-order valence-electron chi connectivity index (χ3n) is 4.93. The van der Waals surface area contributed by atoms with Gasteiger partial charge in [-0.2, -0.15) is 0 Å². The van der Waals surface area contributed by atoms with E-state index in [-0.39, 0.29) is 0 Å². The number of fused-ring (bicyclic) bond motifs is 3. The minimum absolute atomic E-state index is 0.855. The molecule has 3 aromatic carbocycles. The molecule has 0 N–H and O–H groups in total. The zero-order valence-corrected chi connectivity index (χ0v) is 14.3. The molecule has 2 nitrogen and oxygen atoms in total. The summed E-state index contributed by atoms with van der Waals surface area (Å²) in [5, 5.41) is 1.19. The minimum Gasteiger partial charge on any atom is -0.335 e. The third kappa shape index (κ3) is 2.39. The van der Waals surface area contributed by atoms with Gasteiger partial charge >= 0.3 is 0 Å². The Balaban J connectivity index is 1.78. The van der Waals surface area contributed by atoms with E-state index in [1.807, 2.05) is 6.20 Å². The van der Waals surface area contributed by atoms with E-state index in [1.165, 1.54) is 33.5 Å². The Bertz CT molecular complexity index is 1100. The highest BCUT2D eigenvalue weighted by Gasteiger charge is 2.20. The van der Waals surface area contributed by atoms with E-state index < -0.39 is 0 Å². The van der Waals surface area contributed by atoms with Crippen molar-refractivity contribution in [3.05, 3.63) is 96.7 Å². The Kier molecular flexibility index (Phi) is 3.53. The number of pyridine rings is 1. The number of aromatic nitrogens is 1. The Morgan fingerprint density at radius 3 is 2.35 bits per heavy atom. The van der Waals surface area contributed by atoms with Crippen LogP contribution in [0.25, 0.3) is 28.1 Å². The summed E-state index contributed by atoms with van der Waals surface area (Å²) in [6.45, 7) is 0.855. The number of anilines is 2. The van der Waals surface area contributed by atoms with Gasteiger partial charge in [-0.15, -0.1) is 0 Å². The van der Waals surface area contributed by atoms with Crippen LogP contribution in [0.1, 0.15) is 5.56 Å². The lowest BCUT2D eigenvalue weighted by molar-refractivity contribution is 1.09. The average Bonchev–Trinajstić information content (AvgIpc) is 2.74. The topological polar surface area (TPSA) is 16.1 Å². The molecular weight excluding hydrogens is 316 g/mol. The number of hydrogen-bond acceptors (Lipinski definition) is 2. The van der Waals surface area contributed by atoms with Crippen molar-refractivity contribution in [3.63, 3.8) is 0 Å². The zero-order chi connectivity index (χ0) is 17.3. The molecule has 2 heterocycles. The highest BCUT2D eigenvalue weighted by Crippen LogP contribution is 2.40. The van der Waals surface area contributed by atoms with Crippen LogP contribution in [0.3, 0.4) is 0 Å². The molecule has 124 valence electrons. The molecular formula is C24H18N2. The van der Waals surface area contributed by atoms with Crippen molar-refractivity contribution in [2.45, 2.75) is 0 Å². The van der Waals surface area contributed by atoms with Gasteiger partial charge in [0.05, 0.1) is 11.2 Å². The Morgan fingerprint density at radius 1 is 0.769 bits per heavy atom. The molecule has 5 rings (SSSR count). The first-order chi connectivity index (χ1) is 12.9. The second-order valence-electron chi connectivity index (χ2n) is 6.47. The van der Waals surface area contributed by atoms with E-state index in [9.17, 15) is 0 Å². The van der Waals surface area contributed by atoms with Gasteiger partial charge in [0.1, 0.15) is 0 Å². The molecule has 0 fully saturated rings. The predicted octanol–water partition coefficient (Wildman–Crippen LogP) is 6.07. The predicted molar refractivity (Wildman–Crippen MR) is 110 cm³/mol. The second-order valence-corrected chi connectivity index (χ2v) is 6.47. The van der Waals surface area contributed by atoms with Crippen LogP contribution in [0.15, 0.2) is 91.1 Å². The SMILES string of the molecule is C1=Cc2ccc3c(-c4ccccc4)ccnc3c2N(c2ccccc2)C1. The standard InChI is InChI=1S/C24H18N2/c1-3-8-18(9-4-1)21-15-16-25-23-22(21)14-13-19-10-7-17-26(24(19)23)20-11-5-2-6-12-20/h1-16H,17H2. The molecule has 1 aliphatic rings. The van der Waals surface area contributed by atoms with Crippen LogP contribution in [0.4, 0.5) is 11.4 Å². The Morgan fingerprint density at radius 2 is 1.54 bits per heavy atom. The summed E-state index contributed by atoms with van der Waals surface area (Å²) in [4.78, 5) is 7.13. The molecule has 26 heavy (non-hydrogen) atoms. The molecule has 0 spiro atoms. The summed E-state index contributed by atoms with van der Waals surface area (Å²) < 4.78 is 0. The maximum absolute atomic E-state index is 4.78. The molecule has 0 atom stereocenters. The largest absolute Gasteiger partial charge is 0.335 e.